The average Bonchev–Trinajstić information content (AvgIpc) is 2.95. The molecule has 3 aliphatic rings. The van der Waals surface area contributed by atoms with Crippen LogP contribution in [0.4, 0.5) is 0 Å². The summed E-state index contributed by atoms with van der Waals surface area (Å²) >= 11 is 0. The van der Waals surface area contributed by atoms with E-state index in [1.165, 1.54) is 11.1 Å². The number of hydrogen-bond donors (Lipinski definition) is 1. The van der Waals surface area contributed by atoms with Crippen LogP contribution in [0.1, 0.15) is 66.0 Å². The smallest absolute Gasteiger partial charge is 0.200 e. The number of ether oxygens (including phenoxy) is 1. The van der Waals surface area contributed by atoms with Crippen molar-refractivity contribution in [3.63, 3.8) is 0 Å². The molecule has 1 atom stereocenters. The van der Waals surface area contributed by atoms with Gasteiger partial charge in [-0.1, -0.05) is 114 Å². The van der Waals surface area contributed by atoms with Crippen molar-refractivity contribution < 1.29 is 14.6 Å². The lowest BCUT2D eigenvalue weighted by Crippen LogP contribution is -2.25. The van der Waals surface area contributed by atoms with E-state index in [0.29, 0.717) is 17.1 Å². The van der Waals surface area contributed by atoms with E-state index in [9.17, 15) is 9.90 Å². The lowest BCUT2D eigenvalue weighted by Gasteiger charge is -2.32. The van der Waals surface area contributed by atoms with Crippen LogP contribution in [0.3, 0.4) is 0 Å². The Balaban J connectivity index is 1.55. The Morgan fingerprint density at radius 2 is 1.49 bits per heavy atom. The summed E-state index contributed by atoms with van der Waals surface area (Å²) in [7, 11) is 0. The monoisotopic (exact) mass is 544 g/mol. The van der Waals surface area contributed by atoms with Gasteiger partial charge in [0, 0.05) is 11.0 Å². The minimum absolute atomic E-state index is 0.0558. The van der Waals surface area contributed by atoms with Crippen LogP contribution in [0, 0.1) is 16.7 Å². The fourth-order valence-corrected chi connectivity index (χ4v) is 5.38. The molecule has 5 rings (SSSR count). The molecule has 1 N–H and O–H groups in total. The number of hydrogen-bond acceptors (Lipinski definition) is 3. The lowest BCUT2D eigenvalue weighted by atomic mass is 9.72. The molecular formula is C38H40O3. The number of Topliss-reactive ketones (excluding diaryl/α,β-unsaturated/α-hetero) is 1. The molecule has 3 heteroatoms. The molecule has 210 valence electrons. The van der Waals surface area contributed by atoms with Gasteiger partial charge in [0.1, 0.15) is 17.3 Å². The second kappa shape index (κ2) is 10.7. The number of carbonyl (C=O) groups is 1. The van der Waals surface area contributed by atoms with Gasteiger partial charge in [0.25, 0.3) is 0 Å². The van der Waals surface area contributed by atoms with E-state index < -0.39 is 0 Å². The zero-order valence-corrected chi connectivity index (χ0v) is 25.2. The number of carbonyl (C=O) groups excluding carboxylic acids is 1. The lowest BCUT2D eigenvalue weighted by molar-refractivity contribution is -0.113. The molecule has 41 heavy (non-hydrogen) atoms. The first kappa shape index (κ1) is 28.4. The molecule has 0 saturated carbocycles. The molecule has 0 fully saturated rings. The van der Waals surface area contributed by atoms with Gasteiger partial charge in [-0.2, -0.15) is 0 Å². The third-order valence-electron chi connectivity index (χ3n) is 8.10. The molecule has 2 aromatic rings. The van der Waals surface area contributed by atoms with Crippen LogP contribution in [0.5, 0.6) is 0 Å². The summed E-state index contributed by atoms with van der Waals surface area (Å²) in [6.45, 7) is 15.0. The molecule has 2 aromatic carbocycles. The van der Waals surface area contributed by atoms with Crippen LogP contribution in [0.15, 0.2) is 130 Å². The van der Waals surface area contributed by atoms with E-state index in [-0.39, 0.29) is 22.4 Å². The fourth-order valence-electron chi connectivity index (χ4n) is 5.38. The molecule has 0 amide bonds. The van der Waals surface area contributed by atoms with Crippen molar-refractivity contribution in [2.24, 2.45) is 16.7 Å². The van der Waals surface area contributed by atoms with E-state index in [2.05, 4.69) is 78.0 Å². The largest absolute Gasteiger partial charge is 0.506 e. The van der Waals surface area contributed by atoms with Gasteiger partial charge in [0.15, 0.2) is 0 Å². The molecule has 0 radical (unpaired) electrons. The van der Waals surface area contributed by atoms with E-state index in [1.807, 2.05) is 61.5 Å². The van der Waals surface area contributed by atoms with Crippen LogP contribution in [-0.4, -0.2) is 10.9 Å². The highest BCUT2D eigenvalue weighted by atomic mass is 16.5. The van der Waals surface area contributed by atoms with E-state index in [0.717, 1.165) is 40.2 Å². The Morgan fingerprint density at radius 1 is 0.878 bits per heavy atom. The second-order valence-corrected chi connectivity index (χ2v) is 13.3. The Bertz CT molecular complexity index is 1590. The fraction of sp³-hybridized carbons (Fsp3) is 0.289. The maximum Gasteiger partial charge on any atom is 0.200 e. The van der Waals surface area contributed by atoms with Crippen LogP contribution in [0.25, 0.3) is 11.3 Å². The maximum atomic E-state index is 13.5. The third kappa shape index (κ3) is 5.86. The summed E-state index contributed by atoms with van der Waals surface area (Å²) in [5.41, 5.74) is 6.54. The molecule has 1 aliphatic heterocycles. The molecule has 1 heterocycles. The molecule has 1 unspecified atom stereocenters. The van der Waals surface area contributed by atoms with E-state index in [4.69, 9.17) is 4.74 Å². The summed E-state index contributed by atoms with van der Waals surface area (Å²) < 4.78 is 6.31. The van der Waals surface area contributed by atoms with Gasteiger partial charge in [-0.3, -0.25) is 4.79 Å². The van der Waals surface area contributed by atoms with Crippen molar-refractivity contribution in [2.45, 2.75) is 54.9 Å². The average molecular weight is 545 g/mol. The highest BCUT2D eigenvalue weighted by Crippen LogP contribution is 2.43. The predicted octanol–water partition coefficient (Wildman–Crippen LogP) is 9.70. The van der Waals surface area contributed by atoms with Gasteiger partial charge in [-0.05, 0) is 70.8 Å². The van der Waals surface area contributed by atoms with Crippen LogP contribution < -0.4 is 0 Å². The summed E-state index contributed by atoms with van der Waals surface area (Å²) in [5.74, 6) is 1.78. The van der Waals surface area contributed by atoms with Crippen molar-refractivity contribution >= 4 is 17.1 Å². The van der Waals surface area contributed by atoms with Crippen molar-refractivity contribution in [3.05, 3.63) is 142 Å². The Labute approximate surface area is 244 Å². The van der Waals surface area contributed by atoms with Gasteiger partial charge in [0.2, 0.25) is 5.78 Å². The number of aliphatic hydroxyl groups is 1. The highest BCUT2D eigenvalue weighted by Gasteiger charge is 2.37. The number of benzene rings is 2. The van der Waals surface area contributed by atoms with E-state index >= 15 is 0 Å². The SMILES string of the molecule is C/C(C1=C(O)C(=CC2=CC(C(C)(C)C)CC(c3ccccc3)=C2)C1=O)=C1\C=C(c2ccccc2)OC(C(C)(C)C)=C1. The first-order valence-electron chi connectivity index (χ1n) is 14.4. The quantitative estimate of drug-likeness (QED) is 0.390. The Hall–Kier alpha value is -4.11. The van der Waals surface area contributed by atoms with Crippen LogP contribution in [0.2, 0.25) is 0 Å². The summed E-state index contributed by atoms with van der Waals surface area (Å²) in [6.07, 6.45) is 11.1. The zero-order valence-electron chi connectivity index (χ0n) is 25.2. The molecule has 0 saturated heterocycles. The minimum Gasteiger partial charge on any atom is -0.506 e. The van der Waals surface area contributed by atoms with Gasteiger partial charge in [-0.25, -0.2) is 0 Å². The van der Waals surface area contributed by atoms with Crippen LogP contribution >= 0.6 is 0 Å². The standard InChI is InChI=1S/C38H40O3/c1-24(28-22-32(27-16-12-9-13-17-27)41-33(23-28)38(5,6)7)34-35(39)31(36(34)40)20-25-18-29(26-14-10-8-11-15-26)21-30(19-25)37(2,3)4/h8-20,22-23,30,39H,21H2,1-7H3/b28-24-,31-20?. The molecule has 0 spiro atoms. The van der Waals surface area contributed by atoms with Crippen molar-refractivity contribution in [1.29, 1.82) is 0 Å². The number of rotatable bonds is 4. The van der Waals surface area contributed by atoms with Gasteiger partial charge in [0.05, 0.1) is 11.1 Å². The van der Waals surface area contributed by atoms with Crippen molar-refractivity contribution in [3.8, 4) is 0 Å². The molecule has 0 aromatic heterocycles. The van der Waals surface area contributed by atoms with Crippen molar-refractivity contribution in [1.82, 2.24) is 0 Å². The minimum atomic E-state index is -0.231. The zero-order chi connectivity index (χ0) is 29.5. The summed E-state index contributed by atoms with van der Waals surface area (Å²) in [6, 6.07) is 20.3. The molecular weight excluding hydrogens is 504 g/mol. The van der Waals surface area contributed by atoms with Crippen molar-refractivity contribution in [2.75, 3.05) is 0 Å². The normalized spacial score (nSPS) is 21.9. The molecule has 2 aliphatic carbocycles. The number of ketones is 1. The van der Waals surface area contributed by atoms with Gasteiger partial charge in [-0.15, -0.1) is 0 Å². The van der Waals surface area contributed by atoms with Gasteiger partial charge < -0.3 is 9.84 Å². The Kier molecular flexibility index (Phi) is 7.42. The summed E-state index contributed by atoms with van der Waals surface area (Å²) in [5, 5.41) is 11.2. The van der Waals surface area contributed by atoms with Gasteiger partial charge >= 0.3 is 0 Å². The summed E-state index contributed by atoms with van der Waals surface area (Å²) in [4.78, 5) is 13.5. The van der Waals surface area contributed by atoms with E-state index in [1.54, 1.807) is 0 Å². The number of allylic oxidation sites excluding steroid dienone is 12. The van der Waals surface area contributed by atoms with Crippen LogP contribution in [-0.2, 0) is 9.53 Å². The maximum absolute atomic E-state index is 13.5. The molecule has 3 nitrogen and oxygen atoms in total. The third-order valence-corrected chi connectivity index (χ3v) is 8.10. The Morgan fingerprint density at radius 3 is 2.05 bits per heavy atom. The first-order valence-corrected chi connectivity index (χ1v) is 14.4. The number of aliphatic hydroxyl groups excluding tert-OH is 1. The topological polar surface area (TPSA) is 46.5 Å². The molecule has 0 bridgehead atoms. The second-order valence-electron chi connectivity index (χ2n) is 13.3. The first-order chi connectivity index (χ1) is 19.3. The highest BCUT2D eigenvalue weighted by molar-refractivity contribution is 6.22. The predicted molar refractivity (Wildman–Crippen MR) is 169 cm³/mol.